The number of aromatic nitrogens is 4. The highest BCUT2D eigenvalue weighted by molar-refractivity contribution is 7.80. The van der Waals surface area contributed by atoms with Crippen molar-refractivity contribution in [2.24, 2.45) is 0 Å². The summed E-state index contributed by atoms with van der Waals surface area (Å²) in [6.45, 7) is 1.65. The van der Waals surface area contributed by atoms with Crippen LogP contribution in [0, 0.1) is 6.92 Å². The Kier molecular flexibility index (Phi) is 3.78. The summed E-state index contributed by atoms with van der Waals surface area (Å²) < 4.78 is 6.52. The van der Waals surface area contributed by atoms with Gasteiger partial charge in [-0.1, -0.05) is 0 Å². The minimum atomic E-state index is -0.672. The molecule has 9 heteroatoms. The Balaban J connectivity index is 1.76. The first-order chi connectivity index (χ1) is 10.9. The van der Waals surface area contributed by atoms with E-state index < -0.39 is 11.7 Å². The number of aryl methyl sites for hydroxylation is 1. The van der Waals surface area contributed by atoms with E-state index in [1.165, 1.54) is 16.6 Å². The van der Waals surface area contributed by atoms with E-state index in [-0.39, 0.29) is 23.7 Å². The molecule has 2 heterocycles. The van der Waals surface area contributed by atoms with Crippen LogP contribution in [0.2, 0.25) is 0 Å². The van der Waals surface area contributed by atoms with Gasteiger partial charge in [0.1, 0.15) is 5.03 Å². The van der Waals surface area contributed by atoms with Crippen molar-refractivity contribution < 1.29 is 19.7 Å². The van der Waals surface area contributed by atoms with Crippen LogP contribution in [0.3, 0.4) is 0 Å². The molecular weight excluding hydrogens is 320 g/mol. The van der Waals surface area contributed by atoms with Crippen molar-refractivity contribution in [2.45, 2.75) is 18.6 Å². The van der Waals surface area contributed by atoms with Crippen molar-refractivity contribution >= 4 is 24.4 Å². The number of fused-ring (bicyclic) bond motifs is 1. The molecule has 8 nitrogen and oxygen atoms in total. The largest absolute Gasteiger partial charge is 0.504 e. The number of ether oxygens (including phenoxy) is 1. The van der Waals surface area contributed by atoms with Crippen LogP contribution < -0.4 is 0 Å². The van der Waals surface area contributed by atoms with Crippen LogP contribution in [0.25, 0.3) is 5.78 Å². The molecule has 3 rings (SSSR count). The van der Waals surface area contributed by atoms with E-state index in [1.54, 1.807) is 6.07 Å². The van der Waals surface area contributed by atoms with Crippen molar-refractivity contribution in [1.29, 1.82) is 0 Å². The van der Waals surface area contributed by atoms with Gasteiger partial charge in [0.25, 0.3) is 5.78 Å². The molecule has 0 saturated heterocycles. The number of carbonyl (C=O) groups is 1. The Hall–Kier alpha value is -2.81. The lowest BCUT2D eigenvalue weighted by Gasteiger charge is -2.03. The minimum Gasteiger partial charge on any atom is -0.504 e. The van der Waals surface area contributed by atoms with Crippen LogP contribution in [0.1, 0.15) is 21.9 Å². The monoisotopic (exact) mass is 332 g/mol. The molecule has 0 fully saturated rings. The average molecular weight is 332 g/mol. The second-order valence-corrected chi connectivity index (χ2v) is 5.23. The number of benzene rings is 1. The standard InChI is InChI=1S/C14H12N4O4S/c1-7-4-12(23)18-14(15-7)16-11(17-18)6-22-13(21)8-2-3-9(19)10(20)5-8/h2-5,19-20,23H,6H2,1H3. The van der Waals surface area contributed by atoms with Gasteiger partial charge in [0.05, 0.1) is 5.56 Å². The third-order valence-corrected chi connectivity index (χ3v) is 3.33. The number of thiol groups is 1. The highest BCUT2D eigenvalue weighted by Crippen LogP contribution is 2.25. The highest BCUT2D eigenvalue weighted by atomic mass is 32.1. The third-order valence-electron chi connectivity index (χ3n) is 3.01. The Morgan fingerprint density at radius 3 is 2.78 bits per heavy atom. The van der Waals surface area contributed by atoms with Crippen LogP contribution >= 0.6 is 12.6 Å². The predicted octanol–water partition coefficient (Wildman–Crippen LogP) is 1.49. The van der Waals surface area contributed by atoms with Gasteiger partial charge in [0.15, 0.2) is 23.9 Å². The van der Waals surface area contributed by atoms with Gasteiger partial charge in [-0.05, 0) is 31.2 Å². The number of phenols is 2. The topological polar surface area (TPSA) is 110 Å². The van der Waals surface area contributed by atoms with E-state index in [9.17, 15) is 15.0 Å². The number of nitrogens with zero attached hydrogens (tertiary/aromatic N) is 4. The molecule has 0 aliphatic carbocycles. The molecule has 3 aromatic rings. The van der Waals surface area contributed by atoms with Gasteiger partial charge in [0, 0.05) is 5.69 Å². The maximum absolute atomic E-state index is 11.9. The molecule has 2 N–H and O–H groups in total. The van der Waals surface area contributed by atoms with Crippen molar-refractivity contribution in [3.8, 4) is 11.5 Å². The smallest absolute Gasteiger partial charge is 0.338 e. The molecule has 0 amide bonds. The number of carbonyl (C=O) groups excluding carboxylic acids is 1. The molecule has 0 radical (unpaired) electrons. The van der Waals surface area contributed by atoms with Crippen LogP contribution in [0.4, 0.5) is 0 Å². The minimum absolute atomic E-state index is 0.105. The van der Waals surface area contributed by atoms with Gasteiger partial charge in [-0.15, -0.1) is 17.7 Å². The summed E-state index contributed by atoms with van der Waals surface area (Å²) in [5, 5.41) is 23.3. The first-order valence-electron chi connectivity index (χ1n) is 6.55. The van der Waals surface area contributed by atoms with Crippen LogP contribution in [-0.2, 0) is 11.3 Å². The number of rotatable bonds is 3. The maximum atomic E-state index is 11.9. The Bertz CT molecular complexity index is 909. The van der Waals surface area contributed by atoms with E-state index >= 15 is 0 Å². The first kappa shape index (κ1) is 15.1. The normalized spacial score (nSPS) is 10.9. The van der Waals surface area contributed by atoms with Gasteiger partial charge >= 0.3 is 5.97 Å². The zero-order valence-corrected chi connectivity index (χ0v) is 12.9. The second-order valence-electron chi connectivity index (χ2n) is 4.78. The molecule has 0 bridgehead atoms. The summed E-state index contributed by atoms with van der Waals surface area (Å²) in [5.74, 6) is -0.747. The number of phenolic OH excluding ortho intramolecular Hbond substituents is 2. The molecule has 2 aromatic heterocycles. The van der Waals surface area contributed by atoms with E-state index in [0.717, 1.165) is 11.8 Å². The summed E-state index contributed by atoms with van der Waals surface area (Å²) in [6.07, 6.45) is 0. The molecule has 0 unspecified atom stereocenters. The quantitative estimate of drug-likeness (QED) is 0.288. The zero-order chi connectivity index (χ0) is 16.6. The molecule has 0 aliphatic heterocycles. The fourth-order valence-corrected chi connectivity index (χ4v) is 2.26. The first-order valence-corrected chi connectivity index (χ1v) is 7.00. The molecule has 0 saturated carbocycles. The second kappa shape index (κ2) is 5.76. The summed E-state index contributed by atoms with van der Waals surface area (Å²) in [5.41, 5.74) is 0.853. The summed E-state index contributed by atoms with van der Waals surface area (Å²) in [4.78, 5) is 20.3. The number of esters is 1. The lowest BCUT2D eigenvalue weighted by atomic mass is 10.2. The Labute approximate surface area is 135 Å². The summed E-state index contributed by atoms with van der Waals surface area (Å²) >= 11 is 4.28. The lowest BCUT2D eigenvalue weighted by molar-refractivity contribution is 0.0462. The van der Waals surface area contributed by atoms with Gasteiger partial charge in [0.2, 0.25) is 0 Å². The maximum Gasteiger partial charge on any atom is 0.338 e. The van der Waals surface area contributed by atoms with Gasteiger partial charge in [-0.2, -0.15) is 9.50 Å². The van der Waals surface area contributed by atoms with E-state index in [4.69, 9.17) is 4.74 Å². The zero-order valence-electron chi connectivity index (χ0n) is 12.0. The van der Waals surface area contributed by atoms with Crippen LogP contribution in [0.5, 0.6) is 11.5 Å². The Morgan fingerprint density at radius 1 is 1.26 bits per heavy atom. The SMILES string of the molecule is Cc1cc(S)n2nc(COC(=O)c3ccc(O)c(O)c3)nc2n1. The van der Waals surface area contributed by atoms with E-state index in [1.807, 2.05) is 6.92 Å². The van der Waals surface area contributed by atoms with Crippen molar-refractivity contribution in [3.63, 3.8) is 0 Å². The fourth-order valence-electron chi connectivity index (χ4n) is 1.93. The van der Waals surface area contributed by atoms with Crippen LogP contribution in [-0.4, -0.2) is 35.8 Å². The van der Waals surface area contributed by atoms with Crippen molar-refractivity contribution in [2.75, 3.05) is 0 Å². The fraction of sp³-hybridized carbons (Fsp3) is 0.143. The van der Waals surface area contributed by atoms with Crippen molar-refractivity contribution in [1.82, 2.24) is 19.6 Å². The molecule has 0 aliphatic rings. The Morgan fingerprint density at radius 2 is 2.04 bits per heavy atom. The molecule has 23 heavy (non-hydrogen) atoms. The number of hydrogen-bond acceptors (Lipinski definition) is 8. The molecule has 1 aromatic carbocycles. The van der Waals surface area contributed by atoms with E-state index in [0.29, 0.717) is 10.8 Å². The van der Waals surface area contributed by atoms with Crippen LogP contribution in [0.15, 0.2) is 29.3 Å². The van der Waals surface area contributed by atoms with Gasteiger partial charge < -0.3 is 14.9 Å². The van der Waals surface area contributed by atoms with E-state index in [2.05, 4.69) is 27.7 Å². The number of hydrogen-bond donors (Lipinski definition) is 3. The number of aromatic hydroxyl groups is 2. The molecule has 0 spiro atoms. The average Bonchev–Trinajstić information content (AvgIpc) is 2.91. The highest BCUT2D eigenvalue weighted by Gasteiger charge is 2.13. The van der Waals surface area contributed by atoms with Gasteiger partial charge in [-0.3, -0.25) is 0 Å². The lowest BCUT2D eigenvalue weighted by Crippen LogP contribution is -2.06. The predicted molar refractivity (Wildman–Crippen MR) is 81.7 cm³/mol. The molecule has 0 atom stereocenters. The van der Waals surface area contributed by atoms with Gasteiger partial charge in [-0.25, -0.2) is 9.78 Å². The summed E-state index contributed by atoms with van der Waals surface area (Å²) in [6, 6.07) is 5.39. The molecule has 118 valence electrons. The summed E-state index contributed by atoms with van der Waals surface area (Å²) in [7, 11) is 0. The van der Waals surface area contributed by atoms with Crippen molar-refractivity contribution in [3.05, 3.63) is 41.3 Å². The molecular formula is C14H12N4O4S. The third kappa shape index (κ3) is 3.04.